The molecule has 1 aliphatic carbocycles. The molecule has 0 spiro atoms. The quantitative estimate of drug-likeness (QED) is 0.199. The standard InChI is InChI=1S/C31H27Cl2NO5/c1-37-24-12-14-27(25(16-24)31(35)36)39-18-28(38-17-20-5-6-20)22-4-2-3-19(15-22)7-10-23-11-8-21-9-13-26(32)29(33)30(21)34-23/h2-4,7-16,20,28H,5-6,17-18H2,1H3,(H,35,36)/b10-7+/t28-/m1/s1. The molecule has 200 valence electrons. The van der Waals surface area contributed by atoms with E-state index in [0.29, 0.717) is 33.8 Å². The fraction of sp³-hybridized carbons (Fsp3) is 0.226. The minimum atomic E-state index is -1.09. The van der Waals surface area contributed by atoms with Gasteiger partial charge in [0.2, 0.25) is 0 Å². The van der Waals surface area contributed by atoms with Crippen LogP contribution in [-0.4, -0.2) is 36.4 Å². The van der Waals surface area contributed by atoms with E-state index >= 15 is 0 Å². The number of benzene rings is 3. The van der Waals surface area contributed by atoms with E-state index in [1.807, 2.05) is 54.6 Å². The van der Waals surface area contributed by atoms with Crippen molar-refractivity contribution in [3.8, 4) is 11.5 Å². The van der Waals surface area contributed by atoms with E-state index in [9.17, 15) is 9.90 Å². The van der Waals surface area contributed by atoms with Crippen LogP contribution in [0.2, 0.25) is 10.0 Å². The number of fused-ring (bicyclic) bond motifs is 1. The van der Waals surface area contributed by atoms with Gasteiger partial charge in [-0.05, 0) is 72.4 Å². The molecule has 0 aliphatic heterocycles. The van der Waals surface area contributed by atoms with E-state index in [4.69, 9.17) is 37.4 Å². The van der Waals surface area contributed by atoms with Crippen molar-refractivity contribution in [1.82, 2.24) is 4.98 Å². The molecule has 1 aromatic heterocycles. The number of halogens is 2. The van der Waals surface area contributed by atoms with Gasteiger partial charge in [0.1, 0.15) is 29.8 Å². The third kappa shape index (κ3) is 6.71. The van der Waals surface area contributed by atoms with Gasteiger partial charge in [-0.3, -0.25) is 0 Å². The van der Waals surface area contributed by atoms with Crippen molar-refractivity contribution >= 4 is 52.2 Å². The largest absolute Gasteiger partial charge is 0.497 e. The normalized spacial score (nSPS) is 14.0. The first-order chi connectivity index (χ1) is 18.9. The van der Waals surface area contributed by atoms with Gasteiger partial charge in [-0.25, -0.2) is 9.78 Å². The summed E-state index contributed by atoms with van der Waals surface area (Å²) in [7, 11) is 1.49. The first-order valence-electron chi connectivity index (χ1n) is 12.6. The van der Waals surface area contributed by atoms with Gasteiger partial charge in [0, 0.05) is 5.39 Å². The molecular weight excluding hydrogens is 537 g/mol. The van der Waals surface area contributed by atoms with Crippen molar-refractivity contribution in [2.75, 3.05) is 20.3 Å². The fourth-order valence-electron chi connectivity index (χ4n) is 4.15. The summed E-state index contributed by atoms with van der Waals surface area (Å²) in [6, 6.07) is 20.3. The first kappa shape index (κ1) is 27.0. The third-order valence-corrected chi connectivity index (χ3v) is 7.34. The number of ether oxygens (including phenoxy) is 3. The number of methoxy groups -OCH3 is 1. The van der Waals surface area contributed by atoms with Crippen LogP contribution in [0, 0.1) is 5.92 Å². The van der Waals surface area contributed by atoms with Gasteiger partial charge >= 0.3 is 5.97 Å². The Labute approximate surface area is 236 Å². The Morgan fingerprint density at radius 3 is 2.67 bits per heavy atom. The molecule has 1 atom stereocenters. The topological polar surface area (TPSA) is 77.9 Å². The van der Waals surface area contributed by atoms with Crippen molar-refractivity contribution in [3.63, 3.8) is 0 Å². The monoisotopic (exact) mass is 563 g/mol. The van der Waals surface area contributed by atoms with E-state index in [1.165, 1.54) is 13.2 Å². The smallest absolute Gasteiger partial charge is 0.339 e. The molecule has 3 aromatic carbocycles. The highest BCUT2D eigenvalue weighted by molar-refractivity contribution is 6.45. The lowest BCUT2D eigenvalue weighted by atomic mass is 10.1. The highest BCUT2D eigenvalue weighted by Gasteiger charge is 2.25. The first-order valence-corrected chi connectivity index (χ1v) is 13.4. The number of aromatic nitrogens is 1. The number of pyridine rings is 1. The van der Waals surface area contributed by atoms with Gasteiger partial charge in [-0.2, -0.15) is 0 Å². The number of hydrogen-bond donors (Lipinski definition) is 1. The predicted molar refractivity (Wildman–Crippen MR) is 154 cm³/mol. The van der Waals surface area contributed by atoms with Crippen LogP contribution in [0.5, 0.6) is 11.5 Å². The predicted octanol–water partition coefficient (Wildman–Crippen LogP) is 7.97. The van der Waals surface area contributed by atoms with Gasteiger partial charge in [-0.15, -0.1) is 0 Å². The molecule has 1 saturated carbocycles. The van der Waals surface area contributed by atoms with Crippen LogP contribution < -0.4 is 9.47 Å². The lowest BCUT2D eigenvalue weighted by molar-refractivity contribution is 0.0128. The molecule has 4 aromatic rings. The van der Waals surface area contributed by atoms with Gasteiger partial charge in [0.05, 0.1) is 35.0 Å². The van der Waals surface area contributed by atoms with Gasteiger partial charge in [-0.1, -0.05) is 59.6 Å². The van der Waals surface area contributed by atoms with Gasteiger partial charge < -0.3 is 19.3 Å². The maximum Gasteiger partial charge on any atom is 0.339 e. The third-order valence-electron chi connectivity index (χ3n) is 6.54. The lowest BCUT2D eigenvalue weighted by Gasteiger charge is -2.20. The second kappa shape index (κ2) is 12.1. The van der Waals surface area contributed by atoms with E-state index in [1.54, 1.807) is 18.2 Å². The Balaban J connectivity index is 1.36. The SMILES string of the molecule is COc1ccc(OC[C@@H](OCC2CC2)c2cccc(/C=C/c3ccc4ccc(Cl)c(Cl)c4n3)c2)c(C(=O)O)c1. The Bertz CT molecular complexity index is 1530. The minimum absolute atomic E-state index is 0.0382. The summed E-state index contributed by atoms with van der Waals surface area (Å²) < 4.78 is 17.4. The molecule has 8 heteroatoms. The molecule has 0 amide bonds. The zero-order valence-electron chi connectivity index (χ0n) is 21.3. The van der Waals surface area contributed by atoms with Crippen LogP contribution in [-0.2, 0) is 4.74 Å². The van der Waals surface area contributed by atoms with Crippen LogP contribution in [0.25, 0.3) is 23.1 Å². The molecular formula is C31H27Cl2NO5. The van der Waals surface area contributed by atoms with Crippen LogP contribution in [0.15, 0.2) is 66.7 Å². The molecule has 1 fully saturated rings. The number of carboxylic acid groups (broad SMARTS) is 1. The van der Waals surface area contributed by atoms with Crippen LogP contribution in [0.1, 0.15) is 46.1 Å². The highest BCUT2D eigenvalue weighted by Crippen LogP contribution is 2.33. The van der Waals surface area contributed by atoms with Crippen molar-refractivity contribution in [3.05, 3.63) is 99.2 Å². The van der Waals surface area contributed by atoms with E-state index in [0.717, 1.165) is 35.0 Å². The molecule has 0 radical (unpaired) electrons. The number of rotatable bonds is 11. The summed E-state index contributed by atoms with van der Waals surface area (Å²) in [6.45, 7) is 0.796. The molecule has 39 heavy (non-hydrogen) atoms. The molecule has 1 N–H and O–H groups in total. The molecule has 6 nitrogen and oxygen atoms in total. The van der Waals surface area contributed by atoms with E-state index in [-0.39, 0.29) is 24.0 Å². The number of hydrogen-bond acceptors (Lipinski definition) is 5. The molecule has 1 heterocycles. The van der Waals surface area contributed by atoms with Crippen LogP contribution in [0.3, 0.4) is 0 Å². The van der Waals surface area contributed by atoms with Crippen molar-refractivity contribution in [2.24, 2.45) is 5.92 Å². The summed E-state index contributed by atoms with van der Waals surface area (Å²) in [5.74, 6) is 0.190. The summed E-state index contributed by atoms with van der Waals surface area (Å²) in [5.41, 5.74) is 3.34. The average Bonchev–Trinajstić information content (AvgIpc) is 3.79. The number of carboxylic acids is 1. The maximum absolute atomic E-state index is 11.8. The van der Waals surface area contributed by atoms with Crippen molar-refractivity contribution in [1.29, 1.82) is 0 Å². The summed E-state index contributed by atoms with van der Waals surface area (Å²) in [6.07, 6.45) is 5.84. The van der Waals surface area contributed by atoms with Crippen molar-refractivity contribution in [2.45, 2.75) is 18.9 Å². The molecule has 0 unspecified atom stereocenters. The fourth-order valence-corrected chi connectivity index (χ4v) is 4.52. The zero-order valence-corrected chi connectivity index (χ0v) is 22.8. The minimum Gasteiger partial charge on any atom is -0.497 e. The number of carbonyl (C=O) groups is 1. The average molecular weight is 564 g/mol. The van der Waals surface area contributed by atoms with Gasteiger partial charge in [0.15, 0.2) is 0 Å². The Kier molecular flexibility index (Phi) is 8.36. The summed E-state index contributed by atoms with van der Waals surface area (Å²) in [5, 5.41) is 11.5. The maximum atomic E-state index is 11.8. The second-order valence-electron chi connectivity index (χ2n) is 9.42. The molecule has 0 bridgehead atoms. The van der Waals surface area contributed by atoms with Crippen LogP contribution in [0.4, 0.5) is 0 Å². The van der Waals surface area contributed by atoms with E-state index < -0.39 is 5.97 Å². The number of aromatic carboxylic acids is 1. The van der Waals surface area contributed by atoms with Gasteiger partial charge in [0.25, 0.3) is 0 Å². The zero-order chi connectivity index (χ0) is 27.4. The Morgan fingerprint density at radius 1 is 1.08 bits per heavy atom. The molecule has 5 rings (SSSR count). The van der Waals surface area contributed by atoms with E-state index in [2.05, 4.69) is 4.98 Å². The van der Waals surface area contributed by atoms with Crippen LogP contribution >= 0.6 is 23.2 Å². The Morgan fingerprint density at radius 2 is 1.90 bits per heavy atom. The number of nitrogens with zero attached hydrogens (tertiary/aromatic N) is 1. The molecule has 1 aliphatic rings. The summed E-state index contributed by atoms with van der Waals surface area (Å²) in [4.78, 5) is 16.4. The highest BCUT2D eigenvalue weighted by atomic mass is 35.5. The Hall–Kier alpha value is -3.58. The summed E-state index contributed by atoms with van der Waals surface area (Å²) >= 11 is 12.5. The second-order valence-corrected chi connectivity index (χ2v) is 10.2. The molecule has 0 saturated heterocycles. The lowest BCUT2D eigenvalue weighted by Crippen LogP contribution is -2.16. The van der Waals surface area contributed by atoms with Crippen molar-refractivity contribution < 1.29 is 24.1 Å².